The monoisotopic (exact) mass is 312 g/mol. The molecule has 0 aromatic carbocycles. The van der Waals surface area contributed by atoms with Crippen LogP contribution in [-0.4, -0.2) is 28.8 Å². The summed E-state index contributed by atoms with van der Waals surface area (Å²) in [4.78, 5) is 0. The highest BCUT2D eigenvalue weighted by Crippen LogP contribution is 2.56. The summed E-state index contributed by atoms with van der Waals surface area (Å²) in [5, 5.41) is 0. The summed E-state index contributed by atoms with van der Waals surface area (Å²) >= 11 is 0. The molecule has 4 fully saturated rings. The van der Waals surface area contributed by atoms with Crippen LogP contribution in [0, 0.1) is 23.7 Å². The van der Waals surface area contributed by atoms with Gasteiger partial charge in [-0.1, -0.05) is 0 Å². The molecule has 4 saturated carbocycles. The van der Waals surface area contributed by atoms with Crippen LogP contribution < -0.4 is 0 Å². The van der Waals surface area contributed by atoms with Gasteiger partial charge in [-0.25, -0.2) is 0 Å². The Kier molecular flexibility index (Phi) is 3.76. The van der Waals surface area contributed by atoms with E-state index in [4.69, 9.17) is 8.85 Å². The van der Waals surface area contributed by atoms with Crippen molar-refractivity contribution in [2.75, 3.05) is 0 Å². The highest BCUT2D eigenvalue weighted by molar-refractivity contribution is 6.70. The molecule has 4 aliphatic carbocycles. The summed E-state index contributed by atoms with van der Waals surface area (Å²) in [5.74, 6) is 3.35. The van der Waals surface area contributed by atoms with Gasteiger partial charge in [0.1, 0.15) is 0 Å². The molecular weight excluding hydrogens is 280 g/mol. The topological polar surface area (TPSA) is 18.5 Å². The van der Waals surface area contributed by atoms with E-state index in [1.54, 1.807) is 0 Å². The van der Waals surface area contributed by atoms with Crippen LogP contribution in [0.25, 0.3) is 0 Å². The molecule has 0 saturated heterocycles. The Morgan fingerprint density at radius 1 is 0.650 bits per heavy atom. The van der Waals surface area contributed by atoms with Gasteiger partial charge in [0, 0.05) is 5.92 Å². The predicted molar refractivity (Wildman–Crippen MR) is 88.9 cm³/mol. The van der Waals surface area contributed by atoms with Gasteiger partial charge in [0.2, 0.25) is 0 Å². The third-order valence-electron chi connectivity index (χ3n) is 5.24. The molecule has 0 amide bonds. The van der Waals surface area contributed by atoms with Gasteiger partial charge in [0.25, 0.3) is 0 Å². The Morgan fingerprint density at radius 2 is 1.10 bits per heavy atom. The summed E-state index contributed by atoms with van der Waals surface area (Å²) in [6.45, 7) is 14.0. The van der Waals surface area contributed by atoms with Crippen molar-refractivity contribution in [1.82, 2.24) is 0 Å². The maximum Gasteiger partial charge on any atom is 0.184 e. The lowest BCUT2D eigenvalue weighted by molar-refractivity contribution is -0.148. The first-order chi connectivity index (χ1) is 9.12. The van der Waals surface area contributed by atoms with Crippen molar-refractivity contribution in [3.05, 3.63) is 0 Å². The van der Waals surface area contributed by atoms with E-state index in [0.29, 0.717) is 18.1 Å². The minimum absolute atomic E-state index is 0.510. The van der Waals surface area contributed by atoms with Crippen LogP contribution in [0.2, 0.25) is 39.3 Å². The van der Waals surface area contributed by atoms with Gasteiger partial charge in [-0.3, -0.25) is 0 Å². The first kappa shape index (κ1) is 15.3. The number of hydrogen-bond donors (Lipinski definition) is 0. The van der Waals surface area contributed by atoms with Crippen molar-refractivity contribution >= 4 is 16.6 Å². The zero-order chi connectivity index (χ0) is 14.7. The molecular formula is C16H32O2Si2. The molecule has 4 aliphatic rings. The second kappa shape index (κ2) is 4.93. The molecule has 0 spiro atoms. The smallest absolute Gasteiger partial charge is 0.184 e. The van der Waals surface area contributed by atoms with Gasteiger partial charge in [-0.05, 0) is 82.7 Å². The van der Waals surface area contributed by atoms with Crippen LogP contribution in [0.1, 0.15) is 25.7 Å². The first-order valence-electron chi connectivity index (χ1n) is 8.48. The fourth-order valence-electron chi connectivity index (χ4n) is 4.99. The van der Waals surface area contributed by atoms with E-state index < -0.39 is 16.6 Å². The Morgan fingerprint density at radius 3 is 1.50 bits per heavy atom. The SMILES string of the molecule is C[Si](C)(C)O[C@H]1C2CC3CC(C2)[C@H](O[Si](C)(C)C)C1C3. The molecule has 0 radical (unpaired) electrons. The van der Waals surface area contributed by atoms with Gasteiger partial charge in [0.05, 0.1) is 12.2 Å². The first-order valence-corrected chi connectivity index (χ1v) is 15.3. The Balaban J connectivity index is 1.80. The number of hydrogen-bond acceptors (Lipinski definition) is 2. The molecule has 2 nitrogen and oxygen atoms in total. The molecule has 4 atom stereocenters. The van der Waals surface area contributed by atoms with E-state index in [2.05, 4.69) is 39.3 Å². The number of rotatable bonds is 4. The van der Waals surface area contributed by atoms with Crippen molar-refractivity contribution < 1.29 is 8.85 Å². The van der Waals surface area contributed by atoms with Gasteiger partial charge in [-0.2, -0.15) is 0 Å². The molecule has 0 aromatic heterocycles. The second-order valence-corrected chi connectivity index (χ2v) is 18.3. The van der Waals surface area contributed by atoms with E-state index in [1.165, 1.54) is 25.7 Å². The van der Waals surface area contributed by atoms with Crippen LogP contribution in [0.5, 0.6) is 0 Å². The van der Waals surface area contributed by atoms with E-state index in [-0.39, 0.29) is 0 Å². The standard InChI is InChI=1S/C16H32O2Si2/c1-19(2,3)17-15-12-7-11-8-13(10-12)16(14(15)9-11)18-20(4,5)6/h11-16H,7-10H2,1-6H3/t11?,12?,13?,14?,15-,16-/m0/s1. The molecule has 0 heterocycles. The summed E-state index contributed by atoms with van der Waals surface area (Å²) < 4.78 is 13.3. The molecule has 2 unspecified atom stereocenters. The van der Waals surface area contributed by atoms with Crippen molar-refractivity contribution in [2.24, 2.45) is 23.7 Å². The molecule has 4 heteroatoms. The third kappa shape index (κ3) is 3.08. The van der Waals surface area contributed by atoms with Crippen molar-refractivity contribution in [2.45, 2.75) is 77.2 Å². The summed E-state index contributed by atoms with van der Waals surface area (Å²) in [6.07, 6.45) is 6.63. The molecule has 0 aromatic rings. The lowest BCUT2D eigenvalue weighted by Gasteiger charge is -2.59. The van der Waals surface area contributed by atoms with Crippen LogP contribution in [-0.2, 0) is 8.85 Å². The molecule has 4 rings (SSSR count). The van der Waals surface area contributed by atoms with Crippen LogP contribution in [0.3, 0.4) is 0 Å². The van der Waals surface area contributed by atoms with Crippen LogP contribution in [0.4, 0.5) is 0 Å². The average Bonchev–Trinajstić information content (AvgIpc) is 2.25. The second-order valence-electron chi connectivity index (χ2n) is 9.38. The highest BCUT2D eigenvalue weighted by atomic mass is 28.4. The van der Waals surface area contributed by atoms with Gasteiger partial charge in [0.15, 0.2) is 16.6 Å². The fourth-order valence-corrected chi connectivity index (χ4v) is 7.35. The minimum atomic E-state index is -1.45. The van der Waals surface area contributed by atoms with Gasteiger partial charge < -0.3 is 8.85 Å². The average molecular weight is 313 g/mol. The van der Waals surface area contributed by atoms with E-state index >= 15 is 0 Å². The normalized spacial score (nSPS) is 44.1. The minimum Gasteiger partial charge on any atom is -0.414 e. The zero-order valence-corrected chi connectivity index (χ0v) is 16.1. The Labute approximate surface area is 126 Å². The van der Waals surface area contributed by atoms with Crippen molar-refractivity contribution in [3.63, 3.8) is 0 Å². The Hall–Kier alpha value is 0.354. The van der Waals surface area contributed by atoms with Crippen molar-refractivity contribution in [1.29, 1.82) is 0 Å². The maximum absolute atomic E-state index is 6.63. The summed E-state index contributed by atoms with van der Waals surface area (Å²) in [6, 6.07) is 0. The molecule has 20 heavy (non-hydrogen) atoms. The largest absolute Gasteiger partial charge is 0.414 e. The zero-order valence-electron chi connectivity index (χ0n) is 14.1. The van der Waals surface area contributed by atoms with Crippen LogP contribution >= 0.6 is 0 Å². The van der Waals surface area contributed by atoms with E-state index in [9.17, 15) is 0 Å². The van der Waals surface area contributed by atoms with Crippen LogP contribution in [0.15, 0.2) is 0 Å². The van der Waals surface area contributed by atoms with E-state index in [1.807, 2.05) is 0 Å². The summed E-state index contributed by atoms with van der Waals surface area (Å²) in [5.41, 5.74) is 0. The molecule has 0 aliphatic heterocycles. The van der Waals surface area contributed by atoms with E-state index in [0.717, 1.165) is 17.8 Å². The third-order valence-corrected chi connectivity index (χ3v) is 7.19. The van der Waals surface area contributed by atoms with Gasteiger partial charge >= 0.3 is 0 Å². The lowest BCUT2D eigenvalue weighted by atomic mass is 9.54. The highest BCUT2D eigenvalue weighted by Gasteiger charge is 2.55. The molecule has 116 valence electrons. The molecule has 4 bridgehead atoms. The predicted octanol–water partition coefficient (Wildman–Crippen LogP) is 4.49. The van der Waals surface area contributed by atoms with Gasteiger partial charge in [-0.15, -0.1) is 0 Å². The maximum atomic E-state index is 6.63. The lowest BCUT2D eigenvalue weighted by Crippen LogP contribution is -2.60. The summed E-state index contributed by atoms with van der Waals surface area (Å²) in [7, 11) is -2.90. The quantitative estimate of drug-likeness (QED) is 0.712. The molecule has 0 N–H and O–H groups in total. The fraction of sp³-hybridized carbons (Fsp3) is 1.00. The van der Waals surface area contributed by atoms with Crippen molar-refractivity contribution in [3.8, 4) is 0 Å². The Bertz CT molecular complexity index is 340.